The number of benzene rings is 13. The normalized spacial score (nSPS) is 18.6. The maximum atomic E-state index is 9.63. The molecular formula is C62H38. The first kappa shape index (κ1) is 16.4. The van der Waals surface area contributed by atoms with Crippen molar-refractivity contribution in [1.29, 1.82) is 0 Å². The van der Waals surface area contributed by atoms with E-state index in [1.807, 2.05) is 0 Å². The first-order chi connectivity index (χ1) is 43.2. The molecule has 13 aromatic rings. The summed E-state index contributed by atoms with van der Waals surface area (Å²) in [7, 11) is 0. The van der Waals surface area contributed by atoms with E-state index in [0.717, 1.165) is 0 Å². The third-order valence-electron chi connectivity index (χ3n) is 11.2. The molecule has 0 aromatic heterocycles. The van der Waals surface area contributed by atoms with Gasteiger partial charge in [-0.1, -0.05) is 206 Å². The summed E-state index contributed by atoms with van der Waals surface area (Å²) in [5, 5.41) is -4.04. The topological polar surface area (TPSA) is 0 Å². The lowest BCUT2D eigenvalue weighted by Gasteiger charge is -2.19. The molecule has 0 bridgehead atoms. The van der Waals surface area contributed by atoms with Crippen LogP contribution in [0, 0.1) is 0 Å². The minimum Gasteiger partial charge on any atom is -0.0616 e. The molecule has 0 heteroatoms. The lowest BCUT2D eigenvalue weighted by atomic mass is 9.84. The lowest BCUT2D eigenvalue weighted by molar-refractivity contribution is 1.68. The van der Waals surface area contributed by atoms with Gasteiger partial charge in [0.25, 0.3) is 0 Å². The van der Waals surface area contributed by atoms with Crippen LogP contribution in [0.3, 0.4) is 0 Å². The van der Waals surface area contributed by atoms with Gasteiger partial charge in [0.05, 0.1) is 41.1 Å². The van der Waals surface area contributed by atoms with Gasteiger partial charge in [0.15, 0.2) is 0 Å². The van der Waals surface area contributed by atoms with Crippen LogP contribution in [0.1, 0.15) is 41.1 Å². The van der Waals surface area contributed by atoms with Crippen molar-refractivity contribution in [3.8, 4) is 44.5 Å². The van der Waals surface area contributed by atoms with E-state index in [2.05, 4.69) is 0 Å². The van der Waals surface area contributed by atoms with Crippen molar-refractivity contribution in [2.75, 3.05) is 0 Å². The van der Waals surface area contributed by atoms with Crippen LogP contribution < -0.4 is 0 Å². The summed E-state index contributed by atoms with van der Waals surface area (Å²) < 4.78 is 274. The molecule has 0 nitrogen and oxygen atoms in total. The monoisotopic (exact) mass is 812 g/mol. The van der Waals surface area contributed by atoms with E-state index in [4.69, 9.17) is 21.9 Å². The molecule has 0 N–H and O–H groups in total. The Labute approximate surface area is 401 Å². The Kier molecular flexibility index (Phi) is 3.64. The second kappa shape index (κ2) is 13.7. The molecular weight excluding hydrogens is 745 g/mol. The van der Waals surface area contributed by atoms with Crippen molar-refractivity contribution >= 4 is 86.2 Å². The Morgan fingerprint density at radius 1 is 0.210 bits per heavy atom. The zero-order chi connectivity index (χ0) is 66.8. The van der Waals surface area contributed by atoms with E-state index in [-0.39, 0.29) is 43.8 Å². The van der Waals surface area contributed by atoms with Crippen LogP contribution in [0.15, 0.2) is 230 Å². The van der Waals surface area contributed by atoms with Crippen molar-refractivity contribution < 1.29 is 41.1 Å². The second-order valence-corrected chi connectivity index (χ2v) is 14.4. The van der Waals surface area contributed by atoms with Gasteiger partial charge in [0.2, 0.25) is 0 Å². The highest BCUT2D eigenvalue weighted by Gasteiger charge is 2.20. The quantitative estimate of drug-likeness (QED) is 0.123. The molecule has 0 amide bonds. The Bertz CT molecular complexity index is 5240. The third kappa shape index (κ3) is 5.34. The van der Waals surface area contributed by atoms with E-state index in [9.17, 15) is 19.2 Å². The van der Waals surface area contributed by atoms with Crippen LogP contribution in [0.5, 0.6) is 0 Å². The van der Waals surface area contributed by atoms with E-state index in [1.54, 1.807) is 36.4 Å². The van der Waals surface area contributed by atoms with Gasteiger partial charge in [0, 0.05) is 0 Å². The number of hydrogen-bond donors (Lipinski definition) is 0. The highest BCUT2D eigenvalue weighted by molar-refractivity contribution is 6.24. The Morgan fingerprint density at radius 3 is 0.823 bits per heavy atom. The molecule has 0 unspecified atom stereocenters. The minimum absolute atomic E-state index is 0.0490. The Balaban J connectivity index is 1.19. The van der Waals surface area contributed by atoms with Crippen molar-refractivity contribution in [3.05, 3.63) is 230 Å². The fourth-order valence-electron chi connectivity index (χ4n) is 8.50. The zero-order valence-electron chi connectivity index (χ0n) is 61.6. The average molecular weight is 813 g/mol. The second-order valence-electron chi connectivity index (χ2n) is 14.4. The van der Waals surface area contributed by atoms with E-state index in [0.29, 0.717) is 21.5 Å². The number of fused-ring (bicyclic) bond motifs is 9. The summed E-state index contributed by atoms with van der Waals surface area (Å²) in [5.74, 6) is 0. The van der Waals surface area contributed by atoms with Crippen molar-refractivity contribution in [3.63, 3.8) is 0 Å². The van der Waals surface area contributed by atoms with Crippen LogP contribution in [0.2, 0.25) is 0 Å². The van der Waals surface area contributed by atoms with Gasteiger partial charge in [-0.3, -0.25) is 0 Å². The lowest BCUT2D eigenvalue weighted by Crippen LogP contribution is -1.92. The Morgan fingerprint density at radius 2 is 0.484 bits per heavy atom. The summed E-state index contributed by atoms with van der Waals surface area (Å²) in [6, 6.07) is -11.4. The van der Waals surface area contributed by atoms with Crippen molar-refractivity contribution in [2.24, 2.45) is 0 Å². The summed E-state index contributed by atoms with van der Waals surface area (Å²) in [4.78, 5) is 0. The molecule has 0 radical (unpaired) electrons. The van der Waals surface area contributed by atoms with Crippen LogP contribution in [0.25, 0.3) is 131 Å². The molecule has 0 fully saturated rings. The van der Waals surface area contributed by atoms with Gasteiger partial charge >= 0.3 is 0 Å². The van der Waals surface area contributed by atoms with Crippen LogP contribution >= 0.6 is 0 Å². The largest absolute Gasteiger partial charge is 0.0636 e. The van der Waals surface area contributed by atoms with E-state index >= 15 is 0 Å². The van der Waals surface area contributed by atoms with Gasteiger partial charge < -0.3 is 0 Å². The van der Waals surface area contributed by atoms with Crippen LogP contribution in [-0.2, 0) is 0 Å². The maximum Gasteiger partial charge on any atom is 0.0636 e. The zero-order valence-corrected chi connectivity index (χ0v) is 31.6. The van der Waals surface area contributed by atoms with Gasteiger partial charge in [-0.05, 0) is 155 Å². The van der Waals surface area contributed by atoms with Crippen molar-refractivity contribution in [1.82, 2.24) is 0 Å². The molecule has 0 atom stereocenters. The summed E-state index contributed by atoms with van der Waals surface area (Å²) in [6.45, 7) is 0. The summed E-state index contributed by atoms with van der Waals surface area (Å²) in [5.41, 5.74) is -2.65. The molecule has 0 heterocycles. The molecule has 0 aliphatic carbocycles. The molecule has 0 saturated heterocycles. The highest BCUT2D eigenvalue weighted by atomic mass is 14.2. The molecule has 13 aromatic carbocycles. The summed E-state index contributed by atoms with van der Waals surface area (Å²) >= 11 is 0. The molecule has 0 aliphatic rings. The van der Waals surface area contributed by atoms with E-state index in [1.165, 1.54) is 12.1 Å². The van der Waals surface area contributed by atoms with Crippen LogP contribution in [0.4, 0.5) is 0 Å². The molecule has 62 heavy (non-hydrogen) atoms. The van der Waals surface area contributed by atoms with Gasteiger partial charge in [-0.2, -0.15) is 0 Å². The number of hydrogen-bond acceptors (Lipinski definition) is 0. The first-order valence-corrected chi connectivity index (χ1v) is 19.1. The molecule has 13 rings (SSSR count). The van der Waals surface area contributed by atoms with Crippen LogP contribution in [-0.4, -0.2) is 0 Å². The molecule has 0 aliphatic heterocycles. The van der Waals surface area contributed by atoms with Crippen molar-refractivity contribution in [2.45, 2.75) is 0 Å². The Hall–Kier alpha value is -8.06. The molecule has 286 valence electrons. The van der Waals surface area contributed by atoms with Gasteiger partial charge in [-0.25, -0.2) is 0 Å². The SMILES string of the molecule is [2H]c1c([2H])c([2H])c2c([2H])c(-c3c4c([2H])c([2H])c([2H])c([2H])c4c(-c4ccc5ccc6ccc(-c7c8c([2H])c([2H])c([2H])c([2H])c8c(-c8c([2H])c([2H])c9c([2H])c([2H])c([2H])c([2H])c9c8[2H])c8c([2H])c([2H])c([2H])c([2H])c78)cc6c5c4)c4c([2H])c([2H])c([2H])c([2H])c34)c([2H])c([2H])c2c1[2H]. The molecule has 0 saturated carbocycles. The number of rotatable bonds is 4. The summed E-state index contributed by atoms with van der Waals surface area (Å²) in [6.07, 6.45) is 0. The minimum atomic E-state index is -0.867. The first-order valence-electron chi connectivity index (χ1n) is 34.1. The standard InChI is InChI=1S/C62H38/c1-3-15-43-35-45(31-25-39(43)13-1)59-49-17-5-9-21-53(49)61(54-22-10-6-18-50(54)59)47-33-29-41-27-28-42-30-34-48(38-58(42)57(41)37-47)62-55-23-11-7-19-51(55)60(52-20-8-12-24-56(52)62)46-32-26-40-14-2-4-16-44(40)36-46/h1-38H/i1D,2D,3D,4D,5D,6D,7D,8D,9D,10D,11D,12D,13D,14D,15D,16D,17D,18D,19D,20D,21D,22D,23D,24D,25D,26D,31D,32D,35D,36D. The average Bonchev–Trinajstić information content (AvgIpc) is 0.698. The predicted octanol–water partition coefficient (Wildman–Crippen LogP) is 17.6. The van der Waals surface area contributed by atoms with E-state index < -0.39 is 247 Å². The molecule has 0 spiro atoms. The highest BCUT2D eigenvalue weighted by Crippen LogP contribution is 2.47. The van der Waals surface area contributed by atoms with Gasteiger partial charge in [-0.15, -0.1) is 0 Å². The predicted molar refractivity (Wildman–Crippen MR) is 268 cm³/mol. The fraction of sp³-hybridized carbons (Fsp3) is 0. The smallest absolute Gasteiger partial charge is 0.0616 e. The third-order valence-corrected chi connectivity index (χ3v) is 11.2. The van der Waals surface area contributed by atoms with Gasteiger partial charge in [0.1, 0.15) is 0 Å². The fourth-order valence-corrected chi connectivity index (χ4v) is 8.50. The maximum absolute atomic E-state index is 9.63.